The van der Waals surface area contributed by atoms with Gasteiger partial charge in [-0.1, -0.05) is 60.7 Å². The van der Waals surface area contributed by atoms with Crippen molar-refractivity contribution in [3.8, 4) is 0 Å². The van der Waals surface area contributed by atoms with Crippen molar-refractivity contribution in [3.63, 3.8) is 0 Å². The van der Waals surface area contributed by atoms with Crippen molar-refractivity contribution in [2.75, 3.05) is 11.1 Å². The number of carbonyl (C=O) groups excluding carboxylic acids is 1. The van der Waals surface area contributed by atoms with E-state index in [1.54, 1.807) is 12.1 Å². The van der Waals surface area contributed by atoms with Crippen LogP contribution in [0.15, 0.2) is 78.9 Å². The van der Waals surface area contributed by atoms with Gasteiger partial charge < -0.3 is 11.1 Å². The molecule has 1 aliphatic heterocycles. The maximum Gasteiger partial charge on any atom is 0.228 e. The number of nitrogens with one attached hydrogen (secondary N) is 1. The minimum atomic E-state index is -0.234. The van der Waals surface area contributed by atoms with Gasteiger partial charge in [0, 0.05) is 17.3 Å². The highest BCUT2D eigenvalue weighted by atomic mass is 19.1. The fraction of sp³-hybridized carbons (Fsp3) is 0.167. The van der Waals surface area contributed by atoms with Crippen molar-refractivity contribution >= 4 is 28.9 Å². The number of hydrogen-bond acceptors (Lipinski definition) is 2. The molecular formula is C30H25FN2O. The molecule has 3 aliphatic rings. The van der Waals surface area contributed by atoms with Crippen LogP contribution in [0.4, 0.5) is 15.8 Å². The van der Waals surface area contributed by atoms with Crippen LogP contribution >= 0.6 is 0 Å². The number of fused-ring (bicyclic) bond motifs is 2. The maximum atomic E-state index is 14.3. The lowest BCUT2D eigenvalue weighted by atomic mass is 9.84. The van der Waals surface area contributed by atoms with Crippen molar-refractivity contribution in [1.29, 1.82) is 0 Å². The number of halogens is 1. The Hall–Kier alpha value is -3.92. The number of anilines is 2. The van der Waals surface area contributed by atoms with Crippen LogP contribution in [0, 0.1) is 11.7 Å². The van der Waals surface area contributed by atoms with E-state index in [4.69, 9.17) is 5.73 Å². The Balaban J connectivity index is 1.24. The second-order valence-electron chi connectivity index (χ2n) is 9.42. The summed E-state index contributed by atoms with van der Waals surface area (Å²) in [4.78, 5) is 11.8. The molecule has 0 bridgehead atoms. The summed E-state index contributed by atoms with van der Waals surface area (Å²) in [6.07, 6.45) is 12.8. The summed E-state index contributed by atoms with van der Waals surface area (Å²) in [7, 11) is 0. The molecule has 2 aliphatic carbocycles. The standard InChI is InChI=1S/C30H25FN2O/c31-28-17-25(32)9-6-23(28)13-18-2-1-3-20(12-18)21-5-4-19-7-10-26(27(19)15-21)22-8-11-29-24(14-22)16-30(34)33-29/h1-11,14-15,17-18,26H,12-13,16,32H2,(H,33,34). The third-order valence-electron chi connectivity index (χ3n) is 7.10. The van der Waals surface area contributed by atoms with E-state index < -0.39 is 0 Å². The first kappa shape index (κ1) is 20.7. The van der Waals surface area contributed by atoms with Crippen LogP contribution in [0.3, 0.4) is 0 Å². The Morgan fingerprint density at radius 1 is 1.03 bits per heavy atom. The Labute approximate surface area is 198 Å². The lowest BCUT2D eigenvalue weighted by Gasteiger charge is -2.21. The Morgan fingerprint density at radius 2 is 1.94 bits per heavy atom. The largest absolute Gasteiger partial charge is 0.399 e. The van der Waals surface area contributed by atoms with Crippen molar-refractivity contribution < 1.29 is 9.18 Å². The van der Waals surface area contributed by atoms with Crippen LogP contribution < -0.4 is 11.1 Å². The third-order valence-corrected chi connectivity index (χ3v) is 7.10. The maximum absolute atomic E-state index is 14.3. The van der Waals surface area contributed by atoms with Gasteiger partial charge in [0.15, 0.2) is 0 Å². The highest BCUT2D eigenvalue weighted by Gasteiger charge is 2.24. The van der Waals surface area contributed by atoms with E-state index in [2.05, 4.69) is 66.0 Å². The SMILES string of the molecule is Nc1ccc(CC2C=CC=C(c3ccc4c(c3)C(c3ccc5c(c3)CC(=O)N5)C=C4)C2)c(F)c1. The first-order valence-corrected chi connectivity index (χ1v) is 11.7. The van der Waals surface area contributed by atoms with Gasteiger partial charge in [0.25, 0.3) is 0 Å². The number of allylic oxidation sites excluding steroid dienone is 5. The van der Waals surface area contributed by atoms with Crippen LogP contribution in [-0.4, -0.2) is 5.91 Å². The highest BCUT2D eigenvalue weighted by Crippen LogP contribution is 2.40. The van der Waals surface area contributed by atoms with Gasteiger partial charge in [0.05, 0.1) is 6.42 Å². The third kappa shape index (κ3) is 3.75. The zero-order valence-electron chi connectivity index (χ0n) is 18.7. The average molecular weight is 449 g/mol. The molecule has 168 valence electrons. The predicted octanol–water partition coefficient (Wildman–Crippen LogP) is 6.26. The number of amides is 1. The molecule has 2 atom stereocenters. The molecule has 0 saturated heterocycles. The molecule has 0 fully saturated rings. The van der Waals surface area contributed by atoms with Gasteiger partial charge in [-0.2, -0.15) is 0 Å². The number of carbonyl (C=O) groups is 1. The van der Waals surface area contributed by atoms with E-state index in [1.807, 2.05) is 6.07 Å². The van der Waals surface area contributed by atoms with Crippen molar-refractivity contribution in [2.45, 2.75) is 25.2 Å². The predicted molar refractivity (Wildman–Crippen MR) is 136 cm³/mol. The molecule has 0 saturated carbocycles. The Kier molecular flexibility index (Phi) is 4.95. The van der Waals surface area contributed by atoms with E-state index in [-0.39, 0.29) is 23.6 Å². The second-order valence-corrected chi connectivity index (χ2v) is 9.42. The summed E-state index contributed by atoms with van der Waals surface area (Å²) in [5.74, 6) is 0.238. The molecule has 3 N–H and O–H groups in total. The van der Waals surface area contributed by atoms with Gasteiger partial charge in [-0.3, -0.25) is 4.79 Å². The van der Waals surface area contributed by atoms with Crippen molar-refractivity contribution in [2.24, 2.45) is 5.92 Å². The van der Waals surface area contributed by atoms with Crippen molar-refractivity contribution in [1.82, 2.24) is 0 Å². The summed E-state index contributed by atoms with van der Waals surface area (Å²) in [5, 5.41) is 2.91. The van der Waals surface area contributed by atoms with Crippen LogP contribution in [0.25, 0.3) is 11.6 Å². The normalized spacial score (nSPS) is 20.1. The molecule has 1 amide bonds. The first-order chi connectivity index (χ1) is 16.5. The van der Waals surface area contributed by atoms with Gasteiger partial charge in [-0.25, -0.2) is 4.39 Å². The zero-order chi connectivity index (χ0) is 23.2. The summed E-state index contributed by atoms with van der Waals surface area (Å²) >= 11 is 0. The Morgan fingerprint density at radius 3 is 2.82 bits per heavy atom. The quantitative estimate of drug-likeness (QED) is 0.463. The van der Waals surface area contributed by atoms with E-state index in [1.165, 1.54) is 33.9 Å². The number of hydrogen-bond donors (Lipinski definition) is 2. The molecule has 0 spiro atoms. The number of rotatable bonds is 4. The summed E-state index contributed by atoms with van der Waals surface area (Å²) in [6, 6.07) is 17.9. The topological polar surface area (TPSA) is 55.1 Å². The lowest BCUT2D eigenvalue weighted by molar-refractivity contribution is -0.115. The molecule has 3 aromatic rings. The minimum absolute atomic E-state index is 0.0579. The first-order valence-electron chi connectivity index (χ1n) is 11.7. The highest BCUT2D eigenvalue weighted by molar-refractivity contribution is 5.99. The fourth-order valence-electron chi connectivity index (χ4n) is 5.35. The van der Waals surface area contributed by atoms with Crippen LogP contribution in [-0.2, 0) is 17.6 Å². The van der Waals surface area contributed by atoms with Gasteiger partial charge in [0.2, 0.25) is 5.91 Å². The van der Waals surface area contributed by atoms with E-state index in [9.17, 15) is 9.18 Å². The van der Waals surface area contributed by atoms with E-state index >= 15 is 0 Å². The molecule has 34 heavy (non-hydrogen) atoms. The molecule has 4 heteroatoms. The number of nitrogens with two attached hydrogens (primary N) is 1. The molecule has 1 heterocycles. The molecule has 6 rings (SSSR count). The van der Waals surface area contributed by atoms with E-state index in [0.29, 0.717) is 24.1 Å². The molecule has 3 nitrogen and oxygen atoms in total. The second kappa shape index (κ2) is 8.14. The molecule has 3 aromatic carbocycles. The van der Waals surface area contributed by atoms with Gasteiger partial charge in [0.1, 0.15) is 5.82 Å². The van der Waals surface area contributed by atoms with Crippen LogP contribution in [0.2, 0.25) is 0 Å². The van der Waals surface area contributed by atoms with Gasteiger partial charge >= 0.3 is 0 Å². The zero-order valence-corrected chi connectivity index (χ0v) is 18.7. The minimum Gasteiger partial charge on any atom is -0.399 e. The number of benzene rings is 3. The number of nitrogen functional groups attached to an aromatic ring is 1. The monoisotopic (exact) mass is 448 g/mol. The van der Waals surface area contributed by atoms with Crippen LogP contribution in [0.5, 0.6) is 0 Å². The van der Waals surface area contributed by atoms with Crippen molar-refractivity contribution in [3.05, 3.63) is 118 Å². The van der Waals surface area contributed by atoms with Gasteiger partial charge in [-0.05, 0) is 82.0 Å². The smallest absolute Gasteiger partial charge is 0.228 e. The fourth-order valence-corrected chi connectivity index (χ4v) is 5.35. The van der Waals surface area contributed by atoms with E-state index in [0.717, 1.165) is 17.7 Å². The summed E-state index contributed by atoms with van der Waals surface area (Å²) in [5.41, 5.74) is 15.0. The average Bonchev–Trinajstić information content (AvgIpc) is 3.42. The summed E-state index contributed by atoms with van der Waals surface area (Å²) in [6.45, 7) is 0. The van der Waals surface area contributed by atoms with Crippen LogP contribution in [0.1, 0.15) is 45.7 Å². The molecule has 2 unspecified atom stereocenters. The molecule has 0 radical (unpaired) electrons. The summed E-state index contributed by atoms with van der Waals surface area (Å²) < 4.78 is 14.3. The molecule has 0 aromatic heterocycles. The lowest BCUT2D eigenvalue weighted by Crippen LogP contribution is -2.08. The Bertz CT molecular complexity index is 1420. The molecular weight excluding hydrogens is 423 g/mol. The van der Waals surface area contributed by atoms with Gasteiger partial charge in [-0.15, -0.1) is 0 Å².